The second kappa shape index (κ2) is 5.77. The van der Waals surface area contributed by atoms with Crippen molar-refractivity contribution >= 4 is 11.2 Å². The predicted molar refractivity (Wildman–Crippen MR) is 77.8 cm³/mol. The Labute approximate surface area is 119 Å². The number of nitrogens with zero attached hydrogens (tertiary/aromatic N) is 4. The molecule has 2 aromatic rings. The van der Waals surface area contributed by atoms with E-state index in [2.05, 4.69) is 19.5 Å². The number of aromatic nitrogens is 4. The lowest BCUT2D eigenvalue weighted by Gasteiger charge is -2.22. The van der Waals surface area contributed by atoms with Gasteiger partial charge in [-0.1, -0.05) is 19.3 Å². The van der Waals surface area contributed by atoms with E-state index in [-0.39, 0.29) is 0 Å². The van der Waals surface area contributed by atoms with E-state index < -0.39 is 0 Å². The number of hydrogen-bond acceptors (Lipinski definition) is 4. The second-order valence-corrected chi connectivity index (χ2v) is 5.57. The van der Waals surface area contributed by atoms with E-state index in [1.54, 1.807) is 6.20 Å². The summed E-state index contributed by atoms with van der Waals surface area (Å²) in [6.07, 6.45) is 8.45. The number of imidazole rings is 1. The summed E-state index contributed by atoms with van der Waals surface area (Å²) >= 11 is 0. The zero-order valence-electron chi connectivity index (χ0n) is 12.3. The summed E-state index contributed by atoms with van der Waals surface area (Å²) in [5, 5.41) is 0. The van der Waals surface area contributed by atoms with E-state index in [9.17, 15) is 0 Å². The van der Waals surface area contributed by atoms with Crippen molar-refractivity contribution in [2.45, 2.75) is 52.5 Å². The van der Waals surface area contributed by atoms with Gasteiger partial charge in [-0.2, -0.15) is 4.98 Å². The van der Waals surface area contributed by atoms with E-state index >= 15 is 0 Å². The number of rotatable bonds is 4. The first kappa shape index (κ1) is 13.3. The Morgan fingerprint density at radius 1 is 1.25 bits per heavy atom. The van der Waals surface area contributed by atoms with Crippen LogP contribution < -0.4 is 4.74 Å². The Bertz CT molecular complexity index is 587. The molecule has 0 unspecified atom stereocenters. The van der Waals surface area contributed by atoms with Gasteiger partial charge >= 0.3 is 0 Å². The number of aryl methyl sites for hydroxylation is 1. The van der Waals surface area contributed by atoms with Crippen molar-refractivity contribution in [3.05, 3.63) is 12.0 Å². The molecule has 5 nitrogen and oxygen atoms in total. The first-order valence-corrected chi connectivity index (χ1v) is 7.60. The highest BCUT2D eigenvalue weighted by molar-refractivity contribution is 5.71. The average Bonchev–Trinajstić information content (AvgIpc) is 2.78. The highest BCUT2D eigenvalue weighted by Crippen LogP contribution is 2.28. The van der Waals surface area contributed by atoms with Gasteiger partial charge in [0.15, 0.2) is 5.65 Å². The van der Waals surface area contributed by atoms with Crippen LogP contribution in [0.5, 0.6) is 6.01 Å². The topological polar surface area (TPSA) is 52.8 Å². The number of hydrogen-bond donors (Lipinski definition) is 0. The third-order valence-electron chi connectivity index (χ3n) is 4.01. The zero-order chi connectivity index (χ0) is 13.9. The van der Waals surface area contributed by atoms with E-state index in [1.165, 1.54) is 32.1 Å². The summed E-state index contributed by atoms with van der Waals surface area (Å²) in [5.41, 5.74) is 1.74. The summed E-state index contributed by atoms with van der Waals surface area (Å²) < 4.78 is 7.83. The van der Waals surface area contributed by atoms with Crippen LogP contribution in [0.2, 0.25) is 0 Å². The third-order valence-corrected chi connectivity index (χ3v) is 4.01. The molecular weight excluding hydrogens is 252 g/mol. The molecule has 2 aromatic heterocycles. The molecule has 0 amide bonds. The molecule has 20 heavy (non-hydrogen) atoms. The molecule has 0 radical (unpaired) electrons. The molecule has 0 saturated heterocycles. The first-order chi connectivity index (χ1) is 9.78. The highest BCUT2D eigenvalue weighted by Gasteiger charge is 2.19. The van der Waals surface area contributed by atoms with Gasteiger partial charge in [0.25, 0.3) is 6.01 Å². The number of ether oxygens (including phenoxy) is 1. The Morgan fingerprint density at radius 3 is 2.80 bits per heavy atom. The molecule has 0 atom stereocenters. The molecule has 1 saturated carbocycles. The molecular formula is C15H22N4O. The fraction of sp³-hybridized carbons (Fsp3) is 0.667. The Morgan fingerprint density at radius 2 is 2.05 bits per heavy atom. The van der Waals surface area contributed by atoms with E-state index in [1.807, 2.05) is 13.8 Å². The molecule has 0 bridgehead atoms. The minimum atomic E-state index is 0.625. The van der Waals surface area contributed by atoms with Gasteiger partial charge in [0.05, 0.1) is 12.8 Å². The van der Waals surface area contributed by atoms with Crippen LogP contribution >= 0.6 is 0 Å². The summed E-state index contributed by atoms with van der Waals surface area (Å²) in [5.74, 6) is 1.50. The molecule has 1 fully saturated rings. The Kier molecular flexibility index (Phi) is 3.85. The van der Waals surface area contributed by atoms with Crippen LogP contribution in [0.15, 0.2) is 6.20 Å². The lowest BCUT2D eigenvalue weighted by molar-refractivity contribution is 0.268. The average molecular weight is 274 g/mol. The maximum absolute atomic E-state index is 5.69. The summed E-state index contributed by atoms with van der Waals surface area (Å²) in [6.45, 7) is 5.49. The van der Waals surface area contributed by atoms with Crippen molar-refractivity contribution in [2.75, 3.05) is 6.61 Å². The van der Waals surface area contributed by atoms with Crippen LogP contribution in [0.3, 0.4) is 0 Å². The maximum Gasteiger partial charge on any atom is 0.298 e. The monoisotopic (exact) mass is 274 g/mol. The predicted octanol–water partition coefficient (Wildman–Crippen LogP) is 3.11. The van der Waals surface area contributed by atoms with Crippen LogP contribution in [0.25, 0.3) is 11.2 Å². The van der Waals surface area contributed by atoms with Gasteiger partial charge in [-0.3, -0.25) is 4.57 Å². The quantitative estimate of drug-likeness (QED) is 0.859. The van der Waals surface area contributed by atoms with Gasteiger partial charge in [0.1, 0.15) is 11.3 Å². The van der Waals surface area contributed by atoms with Gasteiger partial charge in [0, 0.05) is 6.54 Å². The molecule has 0 N–H and O–H groups in total. The molecule has 108 valence electrons. The summed E-state index contributed by atoms with van der Waals surface area (Å²) in [7, 11) is 0. The van der Waals surface area contributed by atoms with E-state index in [0.717, 1.165) is 29.5 Å². The SMILES string of the molecule is CCOc1nc2cnc(C)nc2n1CC1CCCCC1. The van der Waals surface area contributed by atoms with Crippen LogP contribution in [0.1, 0.15) is 44.9 Å². The first-order valence-electron chi connectivity index (χ1n) is 7.60. The maximum atomic E-state index is 5.69. The van der Waals surface area contributed by atoms with Crippen molar-refractivity contribution in [3.63, 3.8) is 0 Å². The molecule has 0 aliphatic heterocycles. The molecule has 0 spiro atoms. The summed E-state index contributed by atoms with van der Waals surface area (Å²) in [4.78, 5) is 13.3. The van der Waals surface area contributed by atoms with Crippen LogP contribution in [-0.2, 0) is 6.54 Å². The van der Waals surface area contributed by atoms with Crippen LogP contribution in [0.4, 0.5) is 0 Å². The lowest BCUT2D eigenvalue weighted by atomic mass is 9.89. The fourth-order valence-electron chi connectivity index (χ4n) is 3.01. The Hall–Kier alpha value is -1.65. The van der Waals surface area contributed by atoms with Crippen molar-refractivity contribution in [3.8, 4) is 6.01 Å². The van der Waals surface area contributed by atoms with Gasteiger partial charge in [0.2, 0.25) is 0 Å². The van der Waals surface area contributed by atoms with Gasteiger partial charge in [-0.15, -0.1) is 0 Å². The molecule has 1 aliphatic carbocycles. The van der Waals surface area contributed by atoms with Crippen molar-refractivity contribution in [1.82, 2.24) is 19.5 Å². The largest absolute Gasteiger partial charge is 0.465 e. The molecule has 0 aromatic carbocycles. The van der Waals surface area contributed by atoms with Crippen molar-refractivity contribution in [2.24, 2.45) is 5.92 Å². The van der Waals surface area contributed by atoms with Crippen molar-refractivity contribution in [1.29, 1.82) is 0 Å². The highest BCUT2D eigenvalue weighted by atomic mass is 16.5. The Balaban J connectivity index is 1.96. The molecule has 3 rings (SSSR count). The van der Waals surface area contributed by atoms with Crippen LogP contribution in [0, 0.1) is 12.8 Å². The van der Waals surface area contributed by atoms with Gasteiger partial charge < -0.3 is 4.74 Å². The standard InChI is InChI=1S/C15H22N4O/c1-3-20-15-18-13-9-16-11(2)17-14(13)19(15)10-12-7-5-4-6-8-12/h9,12H,3-8,10H2,1-2H3. The third kappa shape index (κ3) is 2.62. The molecule has 2 heterocycles. The van der Waals surface area contributed by atoms with Gasteiger partial charge in [-0.25, -0.2) is 9.97 Å². The van der Waals surface area contributed by atoms with Crippen LogP contribution in [-0.4, -0.2) is 26.1 Å². The minimum absolute atomic E-state index is 0.625. The van der Waals surface area contributed by atoms with E-state index in [4.69, 9.17) is 4.74 Å². The lowest BCUT2D eigenvalue weighted by Crippen LogP contribution is -2.15. The zero-order valence-corrected chi connectivity index (χ0v) is 12.3. The number of fused-ring (bicyclic) bond motifs is 1. The summed E-state index contributed by atoms with van der Waals surface area (Å²) in [6, 6.07) is 0.688. The fourth-order valence-corrected chi connectivity index (χ4v) is 3.01. The second-order valence-electron chi connectivity index (χ2n) is 5.57. The normalized spacial score (nSPS) is 16.7. The van der Waals surface area contributed by atoms with Gasteiger partial charge in [-0.05, 0) is 32.6 Å². The smallest absolute Gasteiger partial charge is 0.298 e. The minimum Gasteiger partial charge on any atom is -0.465 e. The molecule has 1 aliphatic rings. The molecule has 5 heteroatoms. The van der Waals surface area contributed by atoms with Crippen molar-refractivity contribution < 1.29 is 4.74 Å². The van der Waals surface area contributed by atoms with E-state index in [0.29, 0.717) is 12.6 Å².